The van der Waals surface area contributed by atoms with Crippen molar-refractivity contribution < 1.29 is 9.53 Å². The smallest absolute Gasteiger partial charge is 0.230 e. The number of aromatic nitrogens is 1. The van der Waals surface area contributed by atoms with Crippen LogP contribution in [0.1, 0.15) is 49.4 Å². The highest BCUT2D eigenvalue weighted by Gasteiger charge is 2.23. The molecule has 2 atom stereocenters. The molecule has 1 aromatic rings. The quantitative estimate of drug-likeness (QED) is 0.800. The van der Waals surface area contributed by atoms with Crippen LogP contribution in [0.2, 0.25) is 0 Å². The zero-order valence-electron chi connectivity index (χ0n) is 14.6. The molecule has 0 spiro atoms. The number of thioether (sulfide) groups is 1. The van der Waals surface area contributed by atoms with Gasteiger partial charge in [0.25, 0.3) is 0 Å². The molecule has 0 aromatic carbocycles. The van der Waals surface area contributed by atoms with E-state index in [2.05, 4.69) is 23.3 Å². The molecule has 24 heavy (non-hydrogen) atoms. The largest absolute Gasteiger partial charge is 0.380 e. The number of nitrogens with one attached hydrogen (secondary N) is 1. The number of ether oxygens (including phenoxy) is 1. The van der Waals surface area contributed by atoms with Crippen molar-refractivity contribution in [3.8, 4) is 6.07 Å². The summed E-state index contributed by atoms with van der Waals surface area (Å²) in [5.41, 5.74) is 2.15. The maximum Gasteiger partial charge on any atom is 0.230 e. The van der Waals surface area contributed by atoms with E-state index in [4.69, 9.17) is 4.74 Å². The Bertz CT molecular complexity index is 627. The molecule has 1 fully saturated rings. The average molecular weight is 347 g/mol. The number of nitrogens with zero attached hydrogens (tertiary/aromatic N) is 2. The van der Waals surface area contributed by atoms with E-state index in [1.807, 2.05) is 13.0 Å². The lowest BCUT2D eigenvalue weighted by atomic mass is 9.86. The van der Waals surface area contributed by atoms with Gasteiger partial charge in [0.05, 0.1) is 17.9 Å². The molecule has 1 aliphatic carbocycles. The van der Waals surface area contributed by atoms with Crippen molar-refractivity contribution in [3.63, 3.8) is 0 Å². The van der Waals surface area contributed by atoms with E-state index in [-0.39, 0.29) is 17.7 Å². The summed E-state index contributed by atoms with van der Waals surface area (Å²) in [6, 6.07) is 4.33. The second kappa shape index (κ2) is 9.05. The number of rotatable bonds is 6. The molecule has 2 rings (SSSR count). The molecule has 0 saturated heterocycles. The normalized spacial score (nSPS) is 20.4. The van der Waals surface area contributed by atoms with Crippen LogP contribution in [0.5, 0.6) is 0 Å². The van der Waals surface area contributed by atoms with Crippen LogP contribution in [-0.4, -0.2) is 29.8 Å². The van der Waals surface area contributed by atoms with Crippen molar-refractivity contribution in [3.05, 3.63) is 22.9 Å². The van der Waals surface area contributed by atoms with Gasteiger partial charge in [0.15, 0.2) is 0 Å². The van der Waals surface area contributed by atoms with Crippen molar-refractivity contribution in [2.75, 3.05) is 12.9 Å². The highest BCUT2D eigenvalue weighted by molar-refractivity contribution is 8.00. The maximum atomic E-state index is 12.3. The van der Waals surface area contributed by atoms with Gasteiger partial charge >= 0.3 is 0 Å². The summed E-state index contributed by atoms with van der Waals surface area (Å²) in [6.45, 7) is 4.45. The lowest BCUT2D eigenvalue weighted by Crippen LogP contribution is -2.41. The van der Waals surface area contributed by atoms with Crippen LogP contribution in [-0.2, 0) is 16.1 Å². The van der Waals surface area contributed by atoms with Crippen LogP contribution in [0.3, 0.4) is 0 Å². The number of amides is 1. The fourth-order valence-electron chi connectivity index (χ4n) is 3.12. The van der Waals surface area contributed by atoms with Gasteiger partial charge in [-0.15, -0.1) is 0 Å². The van der Waals surface area contributed by atoms with Gasteiger partial charge in [-0.2, -0.15) is 5.26 Å². The van der Waals surface area contributed by atoms with Crippen molar-refractivity contribution in [2.45, 2.75) is 57.2 Å². The summed E-state index contributed by atoms with van der Waals surface area (Å²) in [5.74, 6) is 0.827. The monoisotopic (exact) mass is 347 g/mol. The Kier molecular flexibility index (Phi) is 7.07. The number of methoxy groups -OCH3 is 1. The van der Waals surface area contributed by atoms with E-state index in [0.29, 0.717) is 23.1 Å². The van der Waals surface area contributed by atoms with Crippen LogP contribution in [0.4, 0.5) is 0 Å². The standard InChI is InChI=1S/C18H25N3O2S/c1-12-6-4-5-7-16(12)21-17(22)11-24-18-15(9-19)14(10-23-3)8-13(2)20-18/h8,12,16H,4-7,10-11H2,1-3H3,(H,21,22)/t12-,16+/m1/s1. The molecule has 1 amide bonds. The average Bonchev–Trinajstić information content (AvgIpc) is 2.55. The first-order valence-electron chi connectivity index (χ1n) is 8.36. The van der Waals surface area contributed by atoms with E-state index < -0.39 is 0 Å². The van der Waals surface area contributed by atoms with Crippen molar-refractivity contribution in [1.82, 2.24) is 10.3 Å². The molecule has 0 radical (unpaired) electrons. The molecule has 1 heterocycles. The van der Waals surface area contributed by atoms with Gasteiger partial charge in [0.1, 0.15) is 11.1 Å². The van der Waals surface area contributed by atoms with E-state index in [1.165, 1.54) is 31.0 Å². The molecular formula is C18H25N3O2S. The first-order valence-corrected chi connectivity index (χ1v) is 9.35. The minimum Gasteiger partial charge on any atom is -0.380 e. The highest BCUT2D eigenvalue weighted by atomic mass is 32.2. The van der Waals surface area contributed by atoms with E-state index in [9.17, 15) is 10.1 Å². The van der Waals surface area contributed by atoms with E-state index >= 15 is 0 Å². The van der Waals surface area contributed by atoms with Crippen molar-refractivity contribution >= 4 is 17.7 Å². The zero-order valence-corrected chi connectivity index (χ0v) is 15.4. The second-order valence-corrected chi connectivity index (χ2v) is 7.34. The van der Waals surface area contributed by atoms with E-state index in [0.717, 1.165) is 17.7 Å². The van der Waals surface area contributed by atoms with Crippen LogP contribution < -0.4 is 5.32 Å². The summed E-state index contributed by atoms with van der Waals surface area (Å²) in [6.07, 6.45) is 4.67. The molecule has 6 heteroatoms. The van der Waals surface area contributed by atoms with Gasteiger partial charge < -0.3 is 10.1 Å². The topological polar surface area (TPSA) is 75.0 Å². The third-order valence-corrected chi connectivity index (χ3v) is 5.38. The Morgan fingerprint density at radius 2 is 2.25 bits per heavy atom. The van der Waals surface area contributed by atoms with E-state index in [1.54, 1.807) is 7.11 Å². The predicted octanol–water partition coefficient (Wildman–Crippen LogP) is 3.20. The molecule has 1 saturated carbocycles. The molecule has 5 nitrogen and oxygen atoms in total. The van der Waals surface area contributed by atoms with Crippen molar-refractivity contribution in [1.29, 1.82) is 5.26 Å². The summed E-state index contributed by atoms with van der Waals surface area (Å²) < 4.78 is 5.15. The third-order valence-electron chi connectivity index (χ3n) is 4.41. The van der Waals surface area contributed by atoms with Gasteiger partial charge in [-0.3, -0.25) is 4.79 Å². The number of hydrogen-bond acceptors (Lipinski definition) is 5. The van der Waals surface area contributed by atoms with Gasteiger partial charge in [0.2, 0.25) is 5.91 Å². The lowest BCUT2D eigenvalue weighted by molar-refractivity contribution is -0.119. The molecule has 1 aromatic heterocycles. The lowest BCUT2D eigenvalue weighted by Gasteiger charge is -2.29. The minimum atomic E-state index is 0.0132. The fourth-order valence-corrected chi connectivity index (χ4v) is 4.00. The number of nitriles is 1. The Balaban J connectivity index is 2.00. The number of aryl methyl sites for hydroxylation is 1. The molecule has 1 aliphatic rings. The summed E-state index contributed by atoms with van der Waals surface area (Å²) in [7, 11) is 1.60. The Morgan fingerprint density at radius 3 is 2.92 bits per heavy atom. The highest BCUT2D eigenvalue weighted by Crippen LogP contribution is 2.26. The van der Waals surface area contributed by atoms with Gasteiger partial charge in [-0.1, -0.05) is 31.5 Å². The predicted molar refractivity (Wildman–Crippen MR) is 94.7 cm³/mol. The summed E-state index contributed by atoms with van der Waals surface area (Å²) in [5, 5.41) is 13.2. The van der Waals surface area contributed by atoms with Crippen LogP contribution in [0, 0.1) is 24.2 Å². The van der Waals surface area contributed by atoms with Crippen molar-refractivity contribution in [2.24, 2.45) is 5.92 Å². The SMILES string of the molecule is COCc1cc(C)nc(SCC(=O)N[C@H]2CCCC[C@H]2C)c1C#N. The van der Waals surface area contributed by atoms with Crippen LogP contribution in [0.25, 0.3) is 0 Å². The molecular weight excluding hydrogens is 322 g/mol. The molecule has 0 unspecified atom stereocenters. The number of carbonyl (C=O) groups is 1. The number of hydrogen-bond donors (Lipinski definition) is 1. The Hall–Kier alpha value is -1.58. The molecule has 1 N–H and O–H groups in total. The number of carbonyl (C=O) groups excluding carboxylic acids is 1. The molecule has 0 aliphatic heterocycles. The number of pyridine rings is 1. The molecule has 0 bridgehead atoms. The maximum absolute atomic E-state index is 12.3. The Morgan fingerprint density at radius 1 is 1.50 bits per heavy atom. The zero-order chi connectivity index (χ0) is 17.5. The fraction of sp³-hybridized carbons (Fsp3) is 0.611. The summed E-state index contributed by atoms with van der Waals surface area (Å²) >= 11 is 1.32. The minimum absolute atomic E-state index is 0.0132. The van der Waals surface area contributed by atoms with Crippen LogP contribution >= 0.6 is 11.8 Å². The third kappa shape index (κ3) is 4.96. The molecule has 130 valence electrons. The van der Waals surface area contributed by atoms with Gasteiger partial charge in [0, 0.05) is 18.8 Å². The first-order chi connectivity index (χ1) is 11.5. The van der Waals surface area contributed by atoms with Gasteiger partial charge in [-0.25, -0.2) is 4.98 Å². The van der Waals surface area contributed by atoms with Gasteiger partial charge in [-0.05, 0) is 37.3 Å². The second-order valence-electron chi connectivity index (χ2n) is 6.37. The van der Waals surface area contributed by atoms with Crippen LogP contribution in [0.15, 0.2) is 11.1 Å². The first kappa shape index (κ1) is 18.8. The Labute approximate surface area is 148 Å². The summed E-state index contributed by atoms with van der Waals surface area (Å²) in [4.78, 5) is 16.7.